The third-order valence-corrected chi connectivity index (χ3v) is 4.39. The van der Waals surface area contributed by atoms with Gasteiger partial charge in [-0.3, -0.25) is 4.90 Å². The molecule has 2 fully saturated rings. The lowest BCUT2D eigenvalue weighted by Crippen LogP contribution is -2.48. The number of piperidine rings is 1. The summed E-state index contributed by atoms with van der Waals surface area (Å²) >= 11 is 0. The maximum Gasteiger partial charge on any atom is 0.149 e. The van der Waals surface area contributed by atoms with Crippen molar-refractivity contribution in [3.63, 3.8) is 0 Å². The summed E-state index contributed by atoms with van der Waals surface area (Å²) in [6.45, 7) is 2.24. The molecular formula is C12H21N5. The fourth-order valence-corrected chi connectivity index (χ4v) is 3.69. The Morgan fingerprint density at radius 1 is 1.35 bits per heavy atom. The van der Waals surface area contributed by atoms with Crippen LogP contribution in [-0.2, 0) is 7.05 Å². The zero-order valence-corrected chi connectivity index (χ0v) is 10.6. The topological polar surface area (TPSA) is 60.0 Å². The number of nitrogens with two attached hydrogens (primary N) is 1. The molecule has 2 saturated heterocycles. The van der Waals surface area contributed by atoms with Gasteiger partial charge in [-0.05, 0) is 32.6 Å². The second-order valence-corrected chi connectivity index (χ2v) is 5.54. The first kappa shape index (κ1) is 11.2. The quantitative estimate of drug-likeness (QED) is 0.825. The standard InChI is InChI=1S/C12H21N5/c1-8(12-15-14-7-16(12)2)17-10-3-4-11(17)6-9(13)5-10/h7-11H,3-6,13H2,1-2H3. The molecule has 0 spiro atoms. The normalized spacial score (nSPS) is 35.1. The molecule has 2 aliphatic heterocycles. The Hall–Kier alpha value is -0.940. The zero-order chi connectivity index (χ0) is 12.0. The Labute approximate surface area is 102 Å². The predicted octanol–water partition coefficient (Wildman–Crippen LogP) is 0.830. The first-order valence-electron chi connectivity index (χ1n) is 6.53. The van der Waals surface area contributed by atoms with Crippen LogP contribution in [0.3, 0.4) is 0 Å². The molecule has 5 heteroatoms. The van der Waals surface area contributed by atoms with Crippen LogP contribution in [-0.4, -0.2) is 37.8 Å². The summed E-state index contributed by atoms with van der Waals surface area (Å²) in [6, 6.07) is 2.05. The smallest absolute Gasteiger partial charge is 0.149 e. The monoisotopic (exact) mass is 235 g/mol. The highest BCUT2D eigenvalue weighted by Gasteiger charge is 2.42. The van der Waals surface area contributed by atoms with Crippen LogP contribution in [0.2, 0.25) is 0 Å². The largest absolute Gasteiger partial charge is 0.328 e. The highest BCUT2D eigenvalue weighted by Crippen LogP contribution is 2.40. The molecule has 0 radical (unpaired) electrons. The molecule has 2 N–H and O–H groups in total. The SMILES string of the molecule is CC(c1nncn1C)N1C2CCC1CC(N)C2. The van der Waals surface area contributed by atoms with Gasteiger partial charge in [0, 0.05) is 25.2 Å². The summed E-state index contributed by atoms with van der Waals surface area (Å²) in [5.74, 6) is 1.07. The van der Waals surface area contributed by atoms with E-state index in [9.17, 15) is 0 Å². The first-order valence-corrected chi connectivity index (χ1v) is 6.53. The highest BCUT2D eigenvalue weighted by atomic mass is 15.3. The molecule has 2 aliphatic rings. The third-order valence-electron chi connectivity index (χ3n) is 4.39. The maximum atomic E-state index is 6.11. The van der Waals surface area contributed by atoms with Crippen LogP contribution in [0.4, 0.5) is 0 Å². The van der Waals surface area contributed by atoms with Gasteiger partial charge in [-0.1, -0.05) is 0 Å². The minimum Gasteiger partial charge on any atom is -0.328 e. The van der Waals surface area contributed by atoms with E-state index < -0.39 is 0 Å². The van der Waals surface area contributed by atoms with Crippen LogP contribution in [0.15, 0.2) is 6.33 Å². The molecule has 0 amide bonds. The van der Waals surface area contributed by atoms with Crippen molar-refractivity contribution >= 4 is 0 Å². The predicted molar refractivity (Wildman–Crippen MR) is 65.3 cm³/mol. The van der Waals surface area contributed by atoms with Gasteiger partial charge in [0.25, 0.3) is 0 Å². The van der Waals surface area contributed by atoms with Gasteiger partial charge in [0.15, 0.2) is 0 Å². The van der Waals surface area contributed by atoms with Crippen molar-refractivity contribution in [3.05, 3.63) is 12.2 Å². The van der Waals surface area contributed by atoms with E-state index in [1.54, 1.807) is 6.33 Å². The summed E-state index contributed by atoms with van der Waals surface area (Å²) in [4.78, 5) is 2.62. The summed E-state index contributed by atoms with van der Waals surface area (Å²) in [5, 5.41) is 8.23. The molecule has 17 heavy (non-hydrogen) atoms. The number of hydrogen-bond donors (Lipinski definition) is 1. The van der Waals surface area contributed by atoms with Gasteiger partial charge in [0.05, 0.1) is 6.04 Å². The van der Waals surface area contributed by atoms with Gasteiger partial charge < -0.3 is 10.3 Å². The van der Waals surface area contributed by atoms with Gasteiger partial charge in [-0.15, -0.1) is 10.2 Å². The Bertz CT molecular complexity index is 387. The molecule has 3 heterocycles. The fourth-order valence-electron chi connectivity index (χ4n) is 3.69. The molecule has 94 valence electrons. The van der Waals surface area contributed by atoms with Crippen molar-refractivity contribution in [3.8, 4) is 0 Å². The summed E-state index contributed by atoms with van der Waals surface area (Å²) in [7, 11) is 2.02. The van der Waals surface area contributed by atoms with Crippen molar-refractivity contribution < 1.29 is 0 Å². The Morgan fingerprint density at radius 3 is 2.53 bits per heavy atom. The highest BCUT2D eigenvalue weighted by molar-refractivity contribution is 5.03. The van der Waals surface area contributed by atoms with E-state index in [-0.39, 0.29) is 0 Å². The van der Waals surface area contributed by atoms with Crippen molar-refractivity contribution in [1.82, 2.24) is 19.7 Å². The van der Waals surface area contributed by atoms with Crippen LogP contribution >= 0.6 is 0 Å². The van der Waals surface area contributed by atoms with Gasteiger partial charge in [0.1, 0.15) is 12.2 Å². The Balaban J connectivity index is 1.83. The summed E-state index contributed by atoms with van der Waals surface area (Å²) < 4.78 is 2.03. The number of fused-ring (bicyclic) bond motifs is 2. The number of aryl methyl sites for hydroxylation is 1. The fraction of sp³-hybridized carbons (Fsp3) is 0.833. The van der Waals surface area contributed by atoms with E-state index in [4.69, 9.17) is 5.73 Å². The molecule has 5 nitrogen and oxygen atoms in total. The summed E-state index contributed by atoms with van der Waals surface area (Å²) in [6.07, 6.45) is 6.64. The molecule has 1 aromatic rings. The molecule has 2 bridgehead atoms. The Morgan fingerprint density at radius 2 is 2.00 bits per heavy atom. The Kier molecular flexibility index (Phi) is 2.67. The van der Waals surface area contributed by atoms with Gasteiger partial charge in [0.2, 0.25) is 0 Å². The van der Waals surface area contributed by atoms with Crippen molar-refractivity contribution in [1.29, 1.82) is 0 Å². The second kappa shape index (κ2) is 4.07. The van der Waals surface area contributed by atoms with Crippen LogP contribution in [0.1, 0.15) is 44.5 Å². The lowest BCUT2D eigenvalue weighted by atomic mass is 9.96. The molecular weight excluding hydrogens is 214 g/mol. The van der Waals surface area contributed by atoms with Crippen LogP contribution in [0, 0.1) is 0 Å². The second-order valence-electron chi connectivity index (χ2n) is 5.54. The maximum absolute atomic E-state index is 6.11. The van der Waals surface area contributed by atoms with Crippen LogP contribution in [0.25, 0.3) is 0 Å². The van der Waals surface area contributed by atoms with E-state index in [1.165, 1.54) is 12.8 Å². The first-order chi connectivity index (χ1) is 8.16. The lowest BCUT2D eigenvalue weighted by Gasteiger charge is -2.41. The minimum atomic E-state index is 0.354. The molecule has 1 aromatic heterocycles. The van der Waals surface area contributed by atoms with Gasteiger partial charge in [-0.2, -0.15) is 0 Å². The number of rotatable bonds is 2. The van der Waals surface area contributed by atoms with Crippen molar-refractivity contribution in [2.45, 2.75) is 56.8 Å². The zero-order valence-electron chi connectivity index (χ0n) is 10.6. The van der Waals surface area contributed by atoms with E-state index in [2.05, 4.69) is 22.0 Å². The number of hydrogen-bond acceptors (Lipinski definition) is 4. The van der Waals surface area contributed by atoms with Crippen LogP contribution < -0.4 is 5.73 Å². The van der Waals surface area contributed by atoms with Crippen LogP contribution in [0.5, 0.6) is 0 Å². The average Bonchev–Trinajstić information content (AvgIpc) is 2.81. The molecule has 3 unspecified atom stereocenters. The average molecular weight is 235 g/mol. The molecule has 0 saturated carbocycles. The minimum absolute atomic E-state index is 0.354. The van der Waals surface area contributed by atoms with E-state index >= 15 is 0 Å². The van der Waals surface area contributed by atoms with Gasteiger partial charge >= 0.3 is 0 Å². The third kappa shape index (κ3) is 1.77. The lowest BCUT2D eigenvalue weighted by molar-refractivity contribution is 0.0798. The molecule has 0 aromatic carbocycles. The van der Waals surface area contributed by atoms with E-state index in [0.717, 1.165) is 18.7 Å². The number of nitrogens with zero attached hydrogens (tertiary/aromatic N) is 4. The van der Waals surface area contributed by atoms with E-state index in [0.29, 0.717) is 24.2 Å². The van der Waals surface area contributed by atoms with Crippen molar-refractivity contribution in [2.75, 3.05) is 0 Å². The molecule has 0 aliphatic carbocycles. The number of aromatic nitrogens is 3. The van der Waals surface area contributed by atoms with E-state index in [1.807, 2.05) is 11.6 Å². The van der Waals surface area contributed by atoms with Gasteiger partial charge in [-0.25, -0.2) is 0 Å². The van der Waals surface area contributed by atoms with Crippen molar-refractivity contribution in [2.24, 2.45) is 12.8 Å². The molecule has 3 atom stereocenters. The molecule has 3 rings (SSSR count). The summed E-state index contributed by atoms with van der Waals surface area (Å²) in [5.41, 5.74) is 6.11.